The zero-order valence-electron chi connectivity index (χ0n) is 13.0. The van der Waals surface area contributed by atoms with Crippen LogP contribution in [0.15, 0.2) is 48.5 Å². The van der Waals surface area contributed by atoms with Crippen LogP contribution in [0.5, 0.6) is 0 Å². The van der Waals surface area contributed by atoms with Gasteiger partial charge in [0.15, 0.2) is 5.13 Å². The van der Waals surface area contributed by atoms with Crippen LogP contribution in [0.1, 0.15) is 27.7 Å². The van der Waals surface area contributed by atoms with E-state index in [0.29, 0.717) is 20.6 Å². The van der Waals surface area contributed by atoms with Gasteiger partial charge < -0.3 is 11.1 Å². The standard InChI is InChI=1S/C18H16ClN3OS/c1-2-11-6-5-7-12(10-11)21-18-22-17(20)16(24-18)15(23)13-8-3-4-9-14(13)19/h3-10H,2,20H2,1H3,(H,21,22). The summed E-state index contributed by atoms with van der Waals surface area (Å²) in [5.41, 5.74) is 8.50. The molecule has 0 atom stereocenters. The van der Waals surface area contributed by atoms with Gasteiger partial charge in [0.05, 0.1) is 5.02 Å². The van der Waals surface area contributed by atoms with E-state index in [1.165, 1.54) is 16.9 Å². The molecule has 0 unspecified atom stereocenters. The van der Waals surface area contributed by atoms with Crippen LogP contribution in [-0.2, 0) is 6.42 Å². The van der Waals surface area contributed by atoms with E-state index < -0.39 is 0 Å². The second kappa shape index (κ2) is 7.03. The first-order valence-corrected chi connectivity index (χ1v) is 8.69. The number of carbonyl (C=O) groups excluding carboxylic acids is 1. The largest absolute Gasteiger partial charge is 0.382 e. The highest BCUT2D eigenvalue weighted by Gasteiger charge is 2.20. The molecule has 0 aliphatic carbocycles. The molecule has 1 aromatic heterocycles. The van der Waals surface area contributed by atoms with E-state index in [4.69, 9.17) is 17.3 Å². The van der Waals surface area contributed by atoms with Crippen LogP contribution >= 0.6 is 22.9 Å². The summed E-state index contributed by atoms with van der Waals surface area (Å²) in [7, 11) is 0. The monoisotopic (exact) mass is 357 g/mol. The lowest BCUT2D eigenvalue weighted by Gasteiger charge is -2.04. The fourth-order valence-electron chi connectivity index (χ4n) is 2.31. The van der Waals surface area contributed by atoms with Crippen LogP contribution in [0.25, 0.3) is 0 Å². The van der Waals surface area contributed by atoms with Crippen molar-refractivity contribution in [2.75, 3.05) is 11.1 Å². The fourth-order valence-corrected chi connectivity index (χ4v) is 3.39. The van der Waals surface area contributed by atoms with E-state index in [0.717, 1.165) is 12.1 Å². The number of anilines is 3. The average molecular weight is 358 g/mol. The number of thiazole rings is 1. The van der Waals surface area contributed by atoms with Crippen LogP contribution in [-0.4, -0.2) is 10.8 Å². The van der Waals surface area contributed by atoms with Crippen molar-refractivity contribution in [3.05, 3.63) is 69.6 Å². The summed E-state index contributed by atoms with van der Waals surface area (Å²) < 4.78 is 0. The number of aromatic nitrogens is 1. The predicted molar refractivity (Wildman–Crippen MR) is 101 cm³/mol. The fraction of sp³-hybridized carbons (Fsp3) is 0.111. The number of carbonyl (C=O) groups is 1. The molecule has 2 aromatic carbocycles. The first-order chi connectivity index (χ1) is 11.6. The highest BCUT2D eigenvalue weighted by Crippen LogP contribution is 2.31. The molecule has 1 heterocycles. The molecule has 0 aliphatic rings. The van der Waals surface area contributed by atoms with Crippen molar-refractivity contribution in [1.29, 1.82) is 0 Å². The summed E-state index contributed by atoms with van der Waals surface area (Å²) >= 11 is 7.32. The van der Waals surface area contributed by atoms with Crippen molar-refractivity contribution in [3.63, 3.8) is 0 Å². The predicted octanol–water partition coefficient (Wildman–Crippen LogP) is 4.92. The number of hydrogen-bond acceptors (Lipinski definition) is 5. The van der Waals surface area contributed by atoms with Gasteiger partial charge in [0.25, 0.3) is 0 Å². The number of nitrogens with two attached hydrogens (primary N) is 1. The number of benzene rings is 2. The molecule has 24 heavy (non-hydrogen) atoms. The number of rotatable bonds is 5. The van der Waals surface area contributed by atoms with Crippen LogP contribution in [0, 0.1) is 0 Å². The van der Waals surface area contributed by atoms with E-state index in [1.54, 1.807) is 24.3 Å². The third-order valence-corrected chi connectivity index (χ3v) is 4.88. The molecule has 0 fully saturated rings. The Bertz CT molecular complexity index is 891. The SMILES string of the molecule is CCc1cccc(Nc2nc(N)c(C(=O)c3ccccc3Cl)s2)c1. The van der Waals surface area contributed by atoms with E-state index >= 15 is 0 Å². The van der Waals surface area contributed by atoms with E-state index in [2.05, 4.69) is 23.3 Å². The molecule has 122 valence electrons. The number of halogens is 1. The summed E-state index contributed by atoms with van der Waals surface area (Å²) in [6, 6.07) is 15.0. The number of nitrogens with one attached hydrogen (secondary N) is 1. The number of nitrogens with zero attached hydrogens (tertiary/aromatic N) is 1. The molecule has 0 amide bonds. The second-order valence-corrected chi connectivity index (χ2v) is 6.63. The van der Waals surface area contributed by atoms with Gasteiger partial charge >= 0.3 is 0 Å². The van der Waals surface area contributed by atoms with Gasteiger partial charge in [-0.2, -0.15) is 0 Å². The minimum absolute atomic E-state index is 0.207. The lowest BCUT2D eigenvalue weighted by Crippen LogP contribution is -2.03. The Labute approximate surface area is 149 Å². The molecular formula is C18H16ClN3OS. The lowest BCUT2D eigenvalue weighted by atomic mass is 10.1. The number of ketones is 1. The van der Waals surface area contributed by atoms with Crippen molar-refractivity contribution >= 4 is 45.4 Å². The Kier molecular flexibility index (Phi) is 4.83. The Morgan fingerprint density at radius 1 is 1.25 bits per heavy atom. The summed E-state index contributed by atoms with van der Waals surface area (Å²) in [6.07, 6.45) is 0.950. The highest BCUT2D eigenvalue weighted by atomic mass is 35.5. The maximum atomic E-state index is 12.6. The van der Waals surface area contributed by atoms with Crippen molar-refractivity contribution in [2.24, 2.45) is 0 Å². The molecule has 3 aromatic rings. The van der Waals surface area contributed by atoms with Crippen LogP contribution in [0.4, 0.5) is 16.6 Å². The Morgan fingerprint density at radius 3 is 2.79 bits per heavy atom. The Morgan fingerprint density at radius 2 is 2.04 bits per heavy atom. The first-order valence-electron chi connectivity index (χ1n) is 7.50. The van der Waals surface area contributed by atoms with Gasteiger partial charge in [-0.3, -0.25) is 4.79 Å². The third kappa shape index (κ3) is 3.42. The van der Waals surface area contributed by atoms with Gasteiger partial charge in [-0.15, -0.1) is 0 Å². The molecule has 0 radical (unpaired) electrons. The van der Waals surface area contributed by atoms with Crippen molar-refractivity contribution in [2.45, 2.75) is 13.3 Å². The first kappa shape index (κ1) is 16.5. The van der Waals surface area contributed by atoms with Gasteiger partial charge in [-0.25, -0.2) is 4.98 Å². The average Bonchev–Trinajstić information content (AvgIpc) is 2.95. The van der Waals surface area contributed by atoms with Crippen LogP contribution in [0.2, 0.25) is 5.02 Å². The van der Waals surface area contributed by atoms with E-state index in [-0.39, 0.29) is 11.6 Å². The number of hydrogen-bond donors (Lipinski definition) is 2. The van der Waals surface area contributed by atoms with Crippen LogP contribution < -0.4 is 11.1 Å². The zero-order chi connectivity index (χ0) is 17.1. The normalized spacial score (nSPS) is 10.6. The topological polar surface area (TPSA) is 68.0 Å². The minimum atomic E-state index is -0.217. The van der Waals surface area contributed by atoms with Gasteiger partial charge in [-0.1, -0.05) is 54.1 Å². The molecule has 0 spiro atoms. The zero-order valence-corrected chi connectivity index (χ0v) is 14.6. The highest BCUT2D eigenvalue weighted by molar-refractivity contribution is 7.18. The minimum Gasteiger partial charge on any atom is -0.382 e. The number of nitrogen functional groups attached to an aromatic ring is 1. The van der Waals surface area contributed by atoms with Crippen molar-refractivity contribution < 1.29 is 4.79 Å². The van der Waals surface area contributed by atoms with Gasteiger partial charge in [-0.05, 0) is 36.2 Å². The van der Waals surface area contributed by atoms with E-state index in [9.17, 15) is 4.79 Å². The molecule has 0 aliphatic heterocycles. The Hall–Kier alpha value is -2.37. The summed E-state index contributed by atoms with van der Waals surface area (Å²) in [5.74, 6) is -0.00924. The Balaban J connectivity index is 1.87. The van der Waals surface area contributed by atoms with E-state index in [1.807, 2.05) is 18.2 Å². The summed E-state index contributed by atoms with van der Waals surface area (Å²) in [4.78, 5) is 17.3. The smallest absolute Gasteiger partial charge is 0.208 e. The van der Waals surface area contributed by atoms with Crippen molar-refractivity contribution in [3.8, 4) is 0 Å². The van der Waals surface area contributed by atoms with Gasteiger partial charge in [0.2, 0.25) is 5.78 Å². The maximum absolute atomic E-state index is 12.6. The molecule has 4 nitrogen and oxygen atoms in total. The molecule has 0 saturated carbocycles. The van der Waals surface area contributed by atoms with Crippen LogP contribution in [0.3, 0.4) is 0 Å². The summed E-state index contributed by atoms with van der Waals surface area (Å²) in [6.45, 7) is 2.10. The lowest BCUT2D eigenvalue weighted by molar-refractivity contribution is 0.104. The molecule has 6 heteroatoms. The quantitative estimate of drug-likeness (QED) is 0.636. The molecule has 0 bridgehead atoms. The summed E-state index contributed by atoms with van der Waals surface area (Å²) in [5, 5.41) is 4.19. The molecule has 0 saturated heterocycles. The van der Waals surface area contributed by atoms with Gasteiger partial charge in [0, 0.05) is 11.3 Å². The number of aryl methyl sites for hydroxylation is 1. The third-order valence-electron chi connectivity index (χ3n) is 3.56. The van der Waals surface area contributed by atoms with Crippen molar-refractivity contribution in [1.82, 2.24) is 4.98 Å². The maximum Gasteiger partial charge on any atom is 0.208 e. The van der Waals surface area contributed by atoms with Gasteiger partial charge in [0.1, 0.15) is 10.7 Å². The molecular weight excluding hydrogens is 342 g/mol. The molecule has 3 rings (SSSR count). The second-order valence-electron chi connectivity index (χ2n) is 5.22. The molecule has 3 N–H and O–H groups in total.